The third-order valence-corrected chi connectivity index (χ3v) is 3.36. The van der Waals surface area contributed by atoms with E-state index in [9.17, 15) is 4.79 Å². The van der Waals surface area contributed by atoms with Gasteiger partial charge in [0.15, 0.2) is 0 Å². The minimum absolute atomic E-state index is 0.179. The molecule has 19 heavy (non-hydrogen) atoms. The maximum absolute atomic E-state index is 11.6. The largest absolute Gasteiger partial charge is 0.461 e. The number of hydrogen-bond acceptors (Lipinski definition) is 3. The fraction of sp³-hybridized carbons (Fsp3) is 0.562. The lowest BCUT2D eigenvalue weighted by Crippen LogP contribution is -2.34. The van der Waals surface area contributed by atoms with Crippen molar-refractivity contribution in [2.45, 2.75) is 52.7 Å². The van der Waals surface area contributed by atoms with E-state index in [1.807, 2.05) is 6.92 Å². The number of nitrogens with two attached hydrogens (primary N) is 1. The lowest BCUT2D eigenvalue weighted by atomic mass is 9.84. The smallest absolute Gasteiger partial charge is 0.322 e. The Labute approximate surface area is 116 Å². The molecule has 0 fully saturated rings. The fourth-order valence-electron chi connectivity index (χ4n) is 2.35. The van der Waals surface area contributed by atoms with Crippen LogP contribution in [0.2, 0.25) is 0 Å². The fourth-order valence-corrected chi connectivity index (χ4v) is 2.35. The van der Waals surface area contributed by atoms with E-state index in [0.29, 0.717) is 5.92 Å². The summed E-state index contributed by atoms with van der Waals surface area (Å²) >= 11 is 0. The number of aryl methyl sites for hydroxylation is 1. The Kier molecular flexibility index (Phi) is 5.55. The van der Waals surface area contributed by atoms with Crippen LogP contribution in [0.25, 0.3) is 0 Å². The number of carbonyl (C=O) groups is 1. The summed E-state index contributed by atoms with van der Waals surface area (Å²) in [5.74, 6) is 0.229. The molecule has 106 valence electrons. The number of carbonyl (C=O) groups excluding carboxylic acids is 1. The number of esters is 1. The molecule has 0 bridgehead atoms. The van der Waals surface area contributed by atoms with Crippen LogP contribution in [0.1, 0.15) is 44.7 Å². The Morgan fingerprint density at radius 1 is 1.11 bits per heavy atom. The molecule has 2 N–H and O–H groups in total. The molecule has 0 aromatic heterocycles. The van der Waals surface area contributed by atoms with Gasteiger partial charge in [-0.2, -0.15) is 0 Å². The van der Waals surface area contributed by atoms with E-state index >= 15 is 0 Å². The number of rotatable bonds is 5. The molecule has 0 amide bonds. The van der Waals surface area contributed by atoms with Crippen molar-refractivity contribution in [2.75, 3.05) is 0 Å². The highest BCUT2D eigenvalue weighted by molar-refractivity contribution is 5.75. The summed E-state index contributed by atoms with van der Waals surface area (Å²) in [5, 5.41) is 0. The summed E-state index contributed by atoms with van der Waals surface area (Å²) in [6.07, 6.45) is -0.179. The molecule has 0 aliphatic rings. The molecule has 0 saturated heterocycles. The highest BCUT2D eigenvalue weighted by Gasteiger charge is 2.26. The van der Waals surface area contributed by atoms with Gasteiger partial charge < -0.3 is 10.5 Å². The van der Waals surface area contributed by atoms with E-state index in [-0.39, 0.29) is 18.0 Å². The molecular weight excluding hydrogens is 238 g/mol. The molecule has 1 rings (SSSR count). The number of ether oxygens (including phenoxy) is 1. The third kappa shape index (κ3) is 4.35. The predicted molar refractivity (Wildman–Crippen MR) is 78.0 cm³/mol. The van der Waals surface area contributed by atoms with Crippen LogP contribution in [0.3, 0.4) is 0 Å². The van der Waals surface area contributed by atoms with E-state index < -0.39 is 6.04 Å². The molecular formula is C16H25NO2. The van der Waals surface area contributed by atoms with Gasteiger partial charge in [0.1, 0.15) is 12.1 Å². The van der Waals surface area contributed by atoms with Gasteiger partial charge in [-0.3, -0.25) is 4.79 Å². The van der Waals surface area contributed by atoms with E-state index in [1.165, 1.54) is 11.1 Å². The Bertz CT molecular complexity index is 409. The quantitative estimate of drug-likeness (QED) is 0.831. The zero-order chi connectivity index (χ0) is 14.6. The van der Waals surface area contributed by atoms with Gasteiger partial charge in [0, 0.05) is 5.92 Å². The summed E-state index contributed by atoms with van der Waals surface area (Å²) in [5.41, 5.74) is 7.97. The van der Waals surface area contributed by atoms with E-state index in [1.54, 1.807) is 6.92 Å². The van der Waals surface area contributed by atoms with Gasteiger partial charge in [0.25, 0.3) is 0 Å². The number of hydrogen-bond donors (Lipinski definition) is 1. The van der Waals surface area contributed by atoms with Crippen molar-refractivity contribution >= 4 is 5.97 Å². The van der Waals surface area contributed by atoms with Gasteiger partial charge >= 0.3 is 5.97 Å². The monoisotopic (exact) mass is 263 g/mol. The lowest BCUT2D eigenvalue weighted by molar-refractivity contribution is -0.151. The van der Waals surface area contributed by atoms with Crippen LogP contribution in [0.15, 0.2) is 24.3 Å². The van der Waals surface area contributed by atoms with Crippen LogP contribution in [-0.2, 0) is 9.53 Å². The maximum atomic E-state index is 11.6. The van der Waals surface area contributed by atoms with Crippen molar-refractivity contribution in [1.82, 2.24) is 0 Å². The van der Waals surface area contributed by atoms with Gasteiger partial charge in [-0.15, -0.1) is 0 Å². The van der Waals surface area contributed by atoms with Crippen molar-refractivity contribution in [2.24, 2.45) is 11.7 Å². The molecule has 0 aliphatic carbocycles. The van der Waals surface area contributed by atoms with Crippen molar-refractivity contribution in [3.8, 4) is 0 Å². The SMILES string of the molecule is Cc1ccc(C(C(C)C)C(C)OC(=O)[C@H](C)N)cc1. The molecule has 1 aromatic rings. The lowest BCUT2D eigenvalue weighted by Gasteiger charge is -2.28. The maximum Gasteiger partial charge on any atom is 0.322 e. The summed E-state index contributed by atoms with van der Waals surface area (Å²) in [7, 11) is 0. The molecule has 0 heterocycles. The molecule has 3 atom stereocenters. The van der Waals surface area contributed by atoms with E-state index in [0.717, 1.165) is 0 Å². The zero-order valence-corrected chi connectivity index (χ0v) is 12.5. The molecule has 2 unspecified atom stereocenters. The number of benzene rings is 1. The van der Waals surface area contributed by atoms with Gasteiger partial charge in [-0.05, 0) is 32.3 Å². The Hall–Kier alpha value is -1.35. The summed E-state index contributed by atoms with van der Waals surface area (Å²) in [4.78, 5) is 11.6. The Balaban J connectivity index is 2.88. The first kappa shape index (κ1) is 15.7. The minimum atomic E-state index is -0.576. The van der Waals surface area contributed by atoms with Crippen molar-refractivity contribution in [3.63, 3.8) is 0 Å². The summed E-state index contributed by atoms with van der Waals surface area (Å²) in [6, 6.07) is 7.82. The second kappa shape index (κ2) is 6.71. The molecule has 1 aromatic carbocycles. The average molecular weight is 263 g/mol. The molecule has 0 aliphatic heterocycles. The van der Waals surface area contributed by atoms with Crippen LogP contribution in [0.4, 0.5) is 0 Å². The van der Waals surface area contributed by atoms with Crippen LogP contribution >= 0.6 is 0 Å². The van der Waals surface area contributed by atoms with Crippen molar-refractivity contribution < 1.29 is 9.53 Å². The van der Waals surface area contributed by atoms with E-state index in [2.05, 4.69) is 45.0 Å². The summed E-state index contributed by atoms with van der Waals surface area (Å²) < 4.78 is 5.46. The first-order valence-corrected chi connectivity index (χ1v) is 6.85. The van der Waals surface area contributed by atoms with Crippen LogP contribution in [-0.4, -0.2) is 18.1 Å². The zero-order valence-electron chi connectivity index (χ0n) is 12.5. The molecule has 3 heteroatoms. The third-order valence-electron chi connectivity index (χ3n) is 3.36. The van der Waals surface area contributed by atoms with Crippen molar-refractivity contribution in [3.05, 3.63) is 35.4 Å². The highest BCUT2D eigenvalue weighted by Crippen LogP contribution is 2.30. The highest BCUT2D eigenvalue weighted by atomic mass is 16.5. The molecule has 0 radical (unpaired) electrons. The van der Waals surface area contributed by atoms with Gasteiger partial charge in [0.05, 0.1) is 0 Å². The van der Waals surface area contributed by atoms with Gasteiger partial charge in [0.2, 0.25) is 0 Å². The minimum Gasteiger partial charge on any atom is -0.461 e. The normalized spacial score (nSPS) is 15.9. The van der Waals surface area contributed by atoms with Gasteiger partial charge in [-0.25, -0.2) is 0 Å². The summed E-state index contributed by atoms with van der Waals surface area (Å²) in [6.45, 7) is 9.92. The predicted octanol–water partition coefficient (Wildman–Crippen LogP) is 3.01. The second-order valence-corrected chi connectivity index (χ2v) is 5.61. The molecule has 0 saturated carbocycles. The first-order chi connectivity index (χ1) is 8.82. The van der Waals surface area contributed by atoms with Crippen molar-refractivity contribution in [1.29, 1.82) is 0 Å². The van der Waals surface area contributed by atoms with Gasteiger partial charge in [-0.1, -0.05) is 43.7 Å². The Morgan fingerprint density at radius 2 is 1.63 bits per heavy atom. The second-order valence-electron chi connectivity index (χ2n) is 5.61. The molecule has 0 spiro atoms. The topological polar surface area (TPSA) is 52.3 Å². The van der Waals surface area contributed by atoms with Crippen LogP contribution in [0, 0.1) is 12.8 Å². The van der Waals surface area contributed by atoms with Crippen LogP contribution in [0.5, 0.6) is 0 Å². The Morgan fingerprint density at radius 3 is 2.05 bits per heavy atom. The van der Waals surface area contributed by atoms with E-state index in [4.69, 9.17) is 10.5 Å². The standard InChI is InChI=1S/C16H25NO2/c1-10(2)15(13(5)19-16(18)12(4)17)14-8-6-11(3)7-9-14/h6-10,12-13,15H,17H2,1-5H3/t12-,13?,15?/m0/s1. The van der Waals surface area contributed by atoms with Crippen LogP contribution < -0.4 is 5.73 Å². The average Bonchev–Trinajstić information content (AvgIpc) is 2.31. The molecule has 3 nitrogen and oxygen atoms in total. The first-order valence-electron chi connectivity index (χ1n) is 6.85.